The van der Waals surface area contributed by atoms with Gasteiger partial charge in [-0.2, -0.15) is 15.0 Å². The summed E-state index contributed by atoms with van der Waals surface area (Å²) in [4.78, 5) is 24.5. The molecule has 1 heterocycles. The molecule has 2 aromatic carbocycles. The van der Waals surface area contributed by atoms with Crippen molar-refractivity contribution in [3.63, 3.8) is 0 Å². The van der Waals surface area contributed by atoms with E-state index in [1.807, 2.05) is 0 Å². The normalized spacial score (nSPS) is 10.8. The van der Waals surface area contributed by atoms with E-state index < -0.39 is 17.2 Å². The van der Waals surface area contributed by atoms with Gasteiger partial charge in [0.25, 0.3) is 5.56 Å². The van der Waals surface area contributed by atoms with Crippen molar-refractivity contribution in [2.45, 2.75) is 0 Å². The van der Waals surface area contributed by atoms with Gasteiger partial charge in [0.1, 0.15) is 11.6 Å². The SMILES string of the molecule is N#Cc1c(/C=C\c2ccc(Cl)cc2Cl)c(C(=O)O)nn(-c2ccccc2)c1=O. The van der Waals surface area contributed by atoms with E-state index in [4.69, 9.17) is 23.2 Å². The minimum absolute atomic E-state index is 0.0989. The summed E-state index contributed by atoms with van der Waals surface area (Å²) in [6.07, 6.45) is 2.83. The number of nitrogens with zero attached hydrogens (tertiary/aromatic N) is 3. The van der Waals surface area contributed by atoms with E-state index in [-0.39, 0.29) is 11.1 Å². The number of aromatic carboxylic acids is 1. The second-order valence-corrected chi connectivity index (χ2v) is 6.45. The Morgan fingerprint density at radius 1 is 1.14 bits per heavy atom. The van der Waals surface area contributed by atoms with Gasteiger partial charge in [0.15, 0.2) is 5.69 Å². The van der Waals surface area contributed by atoms with Gasteiger partial charge >= 0.3 is 5.97 Å². The van der Waals surface area contributed by atoms with Crippen LogP contribution in [0.4, 0.5) is 0 Å². The number of benzene rings is 2. The zero-order chi connectivity index (χ0) is 20.3. The molecule has 0 amide bonds. The van der Waals surface area contributed by atoms with Gasteiger partial charge in [-0.3, -0.25) is 4.79 Å². The lowest BCUT2D eigenvalue weighted by molar-refractivity contribution is 0.0688. The number of carbonyl (C=O) groups is 1. The van der Waals surface area contributed by atoms with E-state index in [0.717, 1.165) is 4.68 Å². The zero-order valence-electron chi connectivity index (χ0n) is 14.1. The molecule has 0 radical (unpaired) electrons. The van der Waals surface area contributed by atoms with Crippen molar-refractivity contribution >= 4 is 41.3 Å². The van der Waals surface area contributed by atoms with Crippen LogP contribution in [0, 0.1) is 11.3 Å². The van der Waals surface area contributed by atoms with E-state index in [0.29, 0.717) is 21.3 Å². The van der Waals surface area contributed by atoms with Crippen molar-refractivity contribution in [1.82, 2.24) is 9.78 Å². The molecular formula is C20H11Cl2N3O3. The molecule has 8 heteroatoms. The van der Waals surface area contributed by atoms with Gasteiger partial charge in [-0.25, -0.2) is 4.79 Å². The number of carboxylic acid groups (broad SMARTS) is 1. The van der Waals surface area contributed by atoms with Crippen LogP contribution in [-0.4, -0.2) is 20.9 Å². The molecule has 0 aliphatic rings. The van der Waals surface area contributed by atoms with Crippen molar-refractivity contribution in [3.05, 3.63) is 91.3 Å². The number of nitriles is 1. The molecule has 0 aliphatic carbocycles. The quantitative estimate of drug-likeness (QED) is 0.690. The summed E-state index contributed by atoms with van der Waals surface area (Å²) in [5.41, 5.74) is -0.695. The Bertz CT molecular complexity index is 1200. The molecule has 0 aliphatic heterocycles. The van der Waals surface area contributed by atoms with E-state index in [1.165, 1.54) is 18.2 Å². The first-order valence-corrected chi connectivity index (χ1v) is 8.67. The Hall–Kier alpha value is -3.40. The smallest absolute Gasteiger partial charge is 0.357 e. The van der Waals surface area contributed by atoms with Gasteiger partial charge in [0.05, 0.1) is 5.69 Å². The van der Waals surface area contributed by atoms with Crippen molar-refractivity contribution in [3.8, 4) is 11.8 Å². The molecule has 6 nitrogen and oxygen atoms in total. The first kappa shape index (κ1) is 19.4. The largest absolute Gasteiger partial charge is 0.476 e. The summed E-state index contributed by atoms with van der Waals surface area (Å²) in [7, 11) is 0. The van der Waals surface area contributed by atoms with E-state index >= 15 is 0 Å². The van der Waals surface area contributed by atoms with E-state index in [9.17, 15) is 20.0 Å². The van der Waals surface area contributed by atoms with Crippen LogP contribution in [0.3, 0.4) is 0 Å². The molecule has 0 atom stereocenters. The predicted octanol–water partition coefficient (Wildman–Crippen LogP) is 4.28. The monoisotopic (exact) mass is 411 g/mol. The lowest BCUT2D eigenvalue weighted by atomic mass is 10.1. The Morgan fingerprint density at radius 3 is 2.46 bits per heavy atom. The summed E-state index contributed by atoms with van der Waals surface area (Å²) >= 11 is 12.0. The average Bonchev–Trinajstić information content (AvgIpc) is 2.67. The van der Waals surface area contributed by atoms with E-state index in [2.05, 4.69) is 5.10 Å². The highest BCUT2D eigenvalue weighted by Crippen LogP contribution is 2.23. The lowest BCUT2D eigenvalue weighted by Crippen LogP contribution is -2.28. The molecule has 3 aromatic rings. The maximum Gasteiger partial charge on any atom is 0.357 e. The predicted molar refractivity (Wildman–Crippen MR) is 107 cm³/mol. The van der Waals surface area contributed by atoms with Gasteiger partial charge in [-0.1, -0.05) is 59.6 Å². The standard InChI is InChI=1S/C20H11Cl2N3O3/c21-13-8-6-12(17(22)10-13)7-9-15-16(11-23)19(26)25(24-18(15)20(27)28)14-4-2-1-3-5-14/h1-10H,(H,27,28)/b9-7-. The van der Waals surface area contributed by atoms with Crippen LogP contribution in [0.2, 0.25) is 10.0 Å². The molecular weight excluding hydrogens is 401 g/mol. The highest BCUT2D eigenvalue weighted by Gasteiger charge is 2.21. The number of carboxylic acids is 1. The number of hydrogen-bond acceptors (Lipinski definition) is 4. The van der Waals surface area contributed by atoms with Gasteiger partial charge < -0.3 is 5.11 Å². The number of aromatic nitrogens is 2. The maximum absolute atomic E-state index is 12.7. The molecule has 138 valence electrons. The van der Waals surface area contributed by atoms with Crippen LogP contribution in [-0.2, 0) is 0 Å². The Kier molecular flexibility index (Phi) is 5.59. The van der Waals surface area contributed by atoms with E-state index in [1.54, 1.807) is 48.5 Å². The molecule has 0 saturated carbocycles. The number of rotatable bonds is 4. The highest BCUT2D eigenvalue weighted by molar-refractivity contribution is 6.35. The van der Waals surface area contributed by atoms with Gasteiger partial charge in [0, 0.05) is 15.6 Å². The summed E-state index contributed by atoms with van der Waals surface area (Å²) in [5.74, 6) is -1.37. The number of halogens is 2. The Balaban J connectivity index is 2.22. The summed E-state index contributed by atoms with van der Waals surface area (Å²) in [6.45, 7) is 0. The lowest BCUT2D eigenvalue weighted by Gasteiger charge is -2.09. The van der Waals surface area contributed by atoms with Crippen LogP contribution in [0.1, 0.15) is 27.2 Å². The summed E-state index contributed by atoms with van der Waals surface area (Å²) in [5, 5.41) is 23.8. The molecule has 0 fully saturated rings. The fraction of sp³-hybridized carbons (Fsp3) is 0. The van der Waals surface area contributed by atoms with Crippen molar-refractivity contribution in [2.24, 2.45) is 0 Å². The van der Waals surface area contributed by atoms with Gasteiger partial charge in [0.2, 0.25) is 0 Å². The van der Waals surface area contributed by atoms with Gasteiger partial charge in [-0.15, -0.1) is 0 Å². The average molecular weight is 412 g/mol. The molecule has 0 spiro atoms. The second-order valence-electron chi connectivity index (χ2n) is 5.61. The Morgan fingerprint density at radius 2 is 1.86 bits per heavy atom. The highest BCUT2D eigenvalue weighted by atomic mass is 35.5. The van der Waals surface area contributed by atoms with Crippen LogP contribution < -0.4 is 5.56 Å². The van der Waals surface area contributed by atoms with Gasteiger partial charge in [-0.05, 0) is 29.8 Å². The van der Waals surface area contributed by atoms with Crippen molar-refractivity contribution in [1.29, 1.82) is 5.26 Å². The van der Waals surface area contributed by atoms with Crippen LogP contribution >= 0.6 is 23.2 Å². The van der Waals surface area contributed by atoms with Crippen molar-refractivity contribution < 1.29 is 9.90 Å². The number of hydrogen-bond donors (Lipinski definition) is 1. The minimum atomic E-state index is -1.37. The molecule has 0 bridgehead atoms. The summed E-state index contributed by atoms with van der Waals surface area (Å²) < 4.78 is 0.897. The third-order valence-corrected chi connectivity index (χ3v) is 4.40. The maximum atomic E-state index is 12.7. The minimum Gasteiger partial charge on any atom is -0.476 e. The first-order chi connectivity index (χ1) is 13.4. The van der Waals surface area contributed by atoms with Crippen LogP contribution in [0.15, 0.2) is 53.3 Å². The fourth-order valence-corrected chi connectivity index (χ4v) is 2.99. The topological polar surface area (TPSA) is 96.0 Å². The second kappa shape index (κ2) is 8.09. The third-order valence-electron chi connectivity index (χ3n) is 3.84. The molecule has 0 saturated heterocycles. The first-order valence-electron chi connectivity index (χ1n) is 7.91. The summed E-state index contributed by atoms with van der Waals surface area (Å²) in [6, 6.07) is 14.8. The number of para-hydroxylation sites is 1. The fourth-order valence-electron chi connectivity index (χ4n) is 2.52. The molecule has 1 N–H and O–H groups in total. The molecule has 3 rings (SSSR count). The Labute approximate surface area is 169 Å². The van der Waals surface area contributed by atoms with Crippen molar-refractivity contribution in [2.75, 3.05) is 0 Å². The van der Waals surface area contributed by atoms with Crippen LogP contribution in [0.5, 0.6) is 0 Å². The molecule has 28 heavy (non-hydrogen) atoms. The van der Waals surface area contributed by atoms with Crippen LogP contribution in [0.25, 0.3) is 17.8 Å². The molecule has 0 unspecified atom stereocenters. The molecule has 1 aromatic heterocycles. The third kappa shape index (κ3) is 3.81. The zero-order valence-corrected chi connectivity index (χ0v) is 15.6.